The van der Waals surface area contributed by atoms with Gasteiger partial charge in [0.25, 0.3) is 0 Å². The SMILES string of the molecule is CCCSNc1ccc(F)c(C(=O)c2c[nH][nH]cc(-c3ccc(SN4CCCCC4)cc3)cc2C)c1F. The number of ketones is 1. The molecule has 0 radical (unpaired) electrons. The van der Waals surface area contributed by atoms with Crippen LogP contribution in [0.1, 0.15) is 54.1 Å². The van der Waals surface area contributed by atoms with E-state index in [1.807, 2.05) is 25.1 Å². The first-order valence-electron chi connectivity index (χ1n) is 12.5. The first kappa shape index (κ1) is 27.3. The zero-order chi connectivity index (χ0) is 26.2. The average Bonchev–Trinajstić information content (AvgIpc) is 2.89. The number of hydrogen-bond donors (Lipinski definition) is 3. The van der Waals surface area contributed by atoms with Crippen LogP contribution in [0.25, 0.3) is 11.1 Å². The van der Waals surface area contributed by atoms with Crippen molar-refractivity contribution in [1.29, 1.82) is 0 Å². The average molecular weight is 543 g/mol. The summed E-state index contributed by atoms with van der Waals surface area (Å²) in [6.07, 6.45) is 7.91. The molecule has 2 aromatic carbocycles. The van der Waals surface area contributed by atoms with Crippen LogP contribution in [0, 0.1) is 18.6 Å². The third-order valence-electron chi connectivity index (χ3n) is 6.11. The van der Waals surface area contributed by atoms with Crippen LogP contribution in [0.3, 0.4) is 0 Å². The number of halogens is 2. The standard InChI is InChI=1S/C28H32F2N4OS2/c1-3-15-36-33-25-12-11-24(29)26(27(25)30)28(35)23-18-32-31-17-21(16-19(23)2)20-7-9-22(10-8-20)37-34-13-5-4-6-14-34/h7-12,16-18,31-33H,3-6,13-15H2,1-2H3. The fraction of sp³-hybridized carbons (Fsp3) is 0.321. The molecule has 4 rings (SSSR count). The van der Waals surface area contributed by atoms with Gasteiger partial charge in [-0.15, -0.1) is 0 Å². The number of carbonyl (C=O) groups excluding carboxylic acids is 1. The molecular weight excluding hydrogens is 510 g/mol. The summed E-state index contributed by atoms with van der Waals surface area (Å²) in [6, 6.07) is 12.5. The summed E-state index contributed by atoms with van der Waals surface area (Å²) in [5.41, 5.74) is 2.08. The lowest BCUT2D eigenvalue weighted by atomic mass is 9.98. The fourth-order valence-corrected chi connectivity index (χ4v) is 5.75. The minimum Gasteiger partial charge on any atom is -0.327 e. The highest BCUT2D eigenvalue weighted by molar-refractivity contribution is 8.00. The predicted octanol–water partition coefficient (Wildman–Crippen LogP) is 7.91. The number of aromatic nitrogens is 2. The van der Waals surface area contributed by atoms with Gasteiger partial charge in [0.1, 0.15) is 5.82 Å². The lowest BCUT2D eigenvalue weighted by Crippen LogP contribution is -2.22. The number of nitrogens with zero attached hydrogens (tertiary/aromatic N) is 1. The molecule has 0 saturated carbocycles. The van der Waals surface area contributed by atoms with Gasteiger partial charge in [-0.2, -0.15) is 0 Å². The van der Waals surface area contributed by atoms with Crippen molar-refractivity contribution in [1.82, 2.24) is 14.5 Å². The van der Waals surface area contributed by atoms with E-state index in [2.05, 4.69) is 31.4 Å². The quantitative estimate of drug-likeness (QED) is 0.146. The molecule has 3 aromatic rings. The zero-order valence-electron chi connectivity index (χ0n) is 21.1. The molecule has 2 heterocycles. The molecule has 0 spiro atoms. The summed E-state index contributed by atoms with van der Waals surface area (Å²) < 4.78 is 35.2. The maximum atomic E-state index is 15.2. The topological polar surface area (TPSA) is 63.9 Å². The lowest BCUT2D eigenvalue weighted by molar-refractivity contribution is 0.103. The van der Waals surface area contributed by atoms with Crippen LogP contribution in [0.15, 0.2) is 59.8 Å². The van der Waals surface area contributed by atoms with E-state index in [0.717, 1.165) is 42.5 Å². The van der Waals surface area contributed by atoms with Crippen LogP contribution < -0.4 is 4.72 Å². The van der Waals surface area contributed by atoms with Crippen LogP contribution >= 0.6 is 23.9 Å². The summed E-state index contributed by atoms with van der Waals surface area (Å²) in [7, 11) is 0. The van der Waals surface area contributed by atoms with E-state index in [4.69, 9.17) is 0 Å². The molecule has 0 atom stereocenters. The van der Waals surface area contributed by atoms with Gasteiger partial charge in [-0.25, -0.2) is 13.1 Å². The second kappa shape index (κ2) is 13.2. The third kappa shape index (κ3) is 6.97. The van der Waals surface area contributed by atoms with E-state index in [0.29, 0.717) is 5.56 Å². The molecule has 196 valence electrons. The number of benzene rings is 2. The van der Waals surface area contributed by atoms with Gasteiger partial charge in [0, 0.05) is 41.7 Å². The number of hydrogen-bond acceptors (Lipinski definition) is 5. The molecular formula is C28H32F2N4OS2. The first-order valence-corrected chi connectivity index (χ1v) is 14.3. The molecule has 0 unspecified atom stereocenters. The number of anilines is 1. The molecule has 37 heavy (non-hydrogen) atoms. The molecule has 3 N–H and O–H groups in total. The van der Waals surface area contributed by atoms with Gasteiger partial charge in [-0.05, 0) is 85.2 Å². The summed E-state index contributed by atoms with van der Waals surface area (Å²) >= 11 is 3.09. The Morgan fingerprint density at radius 1 is 1.00 bits per heavy atom. The zero-order valence-corrected chi connectivity index (χ0v) is 22.7. The number of aromatic amines is 2. The largest absolute Gasteiger partial charge is 0.327 e. The Hall–Kier alpha value is -2.75. The Morgan fingerprint density at radius 3 is 2.46 bits per heavy atom. The molecule has 0 aliphatic carbocycles. The number of carbonyl (C=O) groups is 1. The smallest absolute Gasteiger partial charge is 0.200 e. The van der Waals surface area contributed by atoms with E-state index >= 15 is 4.39 Å². The molecule has 1 fully saturated rings. The highest BCUT2D eigenvalue weighted by Gasteiger charge is 2.23. The maximum absolute atomic E-state index is 15.2. The maximum Gasteiger partial charge on any atom is 0.200 e. The normalized spacial score (nSPS) is 13.8. The van der Waals surface area contributed by atoms with Gasteiger partial charge in [-0.1, -0.05) is 37.4 Å². The molecule has 1 saturated heterocycles. The van der Waals surface area contributed by atoms with E-state index < -0.39 is 23.0 Å². The Kier molecular flexibility index (Phi) is 9.71. The Balaban J connectivity index is 1.61. The molecule has 0 bridgehead atoms. The van der Waals surface area contributed by atoms with Crippen molar-refractivity contribution in [2.75, 3.05) is 23.6 Å². The molecule has 9 heteroatoms. The van der Waals surface area contributed by atoms with Gasteiger partial charge in [0.05, 0.1) is 11.3 Å². The molecule has 1 aliphatic rings. The van der Waals surface area contributed by atoms with Gasteiger partial charge in [-0.3, -0.25) is 4.79 Å². The summed E-state index contributed by atoms with van der Waals surface area (Å²) in [5, 5.41) is 5.80. The van der Waals surface area contributed by atoms with Crippen molar-refractivity contribution in [3.8, 4) is 11.1 Å². The number of rotatable bonds is 9. The number of H-pyrrole nitrogens is 2. The Morgan fingerprint density at radius 2 is 1.73 bits per heavy atom. The van der Waals surface area contributed by atoms with E-state index in [9.17, 15) is 9.18 Å². The van der Waals surface area contributed by atoms with E-state index in [1.165, 1.54) is 48.4 Å². The van der Waals surface area contributed by atoms with Crippen molar-refractivity contribution in [3.05, 3.63) is 83.2 Å². The highest BCUT2D eigenvalue weighted by Crippen LogP contribution is 2.30. The van der Waals surface area contributed by atoms with Crippen molar-refractivity contribution < 1.29 is 13.6 Å². The second-order valence-electron chi connectivity index (χ2n) is 8.94. The second-order valence-corrected chi connectivity index (χ2v) is 11.0. The number of piperidine rings is 1. The van der Waals surface area contributed by atoms with E-state index in [1.54, 1.807) is 25.1 Å². The van der Waals surface area contributed by atoms with Crippen molar-refractivity contribution in [2.45, 2.75) is 44.4 Å². The van der Waals surface area contributed by atoms with E-state index in [-0.39, 0.29) is 11.3 Å². The summed E-state index contributed by atoms with van der Waals surface area (Å²) in [4.78, 5) is 14.5. The number of aryl methyl sites for hydroxylation is 1. The predicted molar refractivity (Wildman–Crippen MR) is 150 cm³/mol. The minimum atomic E-state index is -0.894. The van der Waals surface area contributed by atoms with Crippen molar-refractivity contribution in [2.24, 2.45) is 0 Å². The van der Waals surface area contributed by atoms with Gasteiger partial charge >= 0.3 is 0 Å². The molecule has 0 amide bonds. The third-order valence-corrected chi connectivity index (χ3v) is 8.20. The Bertz CT molecular complexity index is 1270. The van der Waals surface area contributed by atoms with Crippen LogP contribution in [-0.4, -0.2) is 39.1 Å². The fourth-order valence-electron chi connectivity index (χ4n) is 4.13. The molecule has 1 aromatic heterocycles. The van der Waals surface area contributed by atoms with Crippen LogP contribution in [-0.2, 0) is 0 Å². The highest BCUT2D eigenvalue weighted by atomic mass is 32.2. The molecule has 5 nitrogen and oxygen atoms in total. The Labute approximate surface area is 225 Å². The van der Waals surface area contributed by atoms with Crippen molar-refractivity contribution in [3.63, 3.8) is 0 Å². The van der Waals surface area contributed by atoms with Crippen LogP contribution in [0.2, 0.25) is 0 Å². The summed E-state index contributed by atoms with van der Waals surface area (Å²) in [5.74, 6) is -1.75. The van der Waals surface area contributed by atoms with Crippen LogP contribution in [0.5, 0.6) is 0 Å². The molecule has 1 aliphatic heterocycles. The van der Waals surface area contributed by atoms with Crippen LogP contribution in [0.4, 0.5) is 14.5 Å². The minimum absolute atomic E-state index is 0.0884. The lowest BCUT2D eigenvalue weighted by Gasteiger charge is -2.25. The van der Waals surface area contributed by atoms with Crippen molar-refractivity contribution >= 4 is 35.4 Å². The van der Waals surface area contributed by atoms with Gasteiger partial charge in [0.2, 0.25) is 5.78 Å². The van der Waals surface area contributed by atoms with Gasteiger partial charge < -0.3 is 14.9 Å². The first-order chi connectivity index (χ1) is 18.0. The monoisotopic (exact) mass is 542 g/mol. The summed E-state index contributed by atoms with van der Waals surface area (Å²) in [6.45, 7) is 5.99. The van der Waals surface area contributed by atoms with Gasteiger partial charge in [0.15, 0.2) is 5.82 Å². The number of nitrogens with one attached hydrogen (secondary N) is 3.